The normalized spacial score (nSPS) is 14.4. The summed E-state index contributed by atoms with van der Waals surface area (Å²) in [5, 5.41) is 9.32. The number of allylic oxidation sites excluding steroid dienone is 1. The molecule has 0 bridgehead atoms. The Morgan fingerprint density at radius 1 is 0.932 bits per heavy atom. The predicted molar refractivity (Wildman–Crippen MR) is 162 cm³/mol. The first-order valence-corrected chi connectivity index (χ1v) is 13.8. The van der Waals surface area contributed by atoms with Crippen molar-refractivity contribution in [2.24, 2.45) is 5.10 Å². The molecule has 4 rings (SSSR count). The second kappa shape index (κ2) is 15.1. The van der Waals surface area contributed by atoms with Gasteiger partial charge in [0.25, 0.3) is 5.91 Å². The fourth-order valence-corrected chi connectivity index (χ4v) is 4.38. The van der Waals surface area contributed by atoms with Crippen molar-refractivity contribution in [2.45, 2.75) is 26.5 Å². The maximum atomic E-state index is 12.6. The maximum Gasteiger partial charge on any atom is 0.338 e. The minimum absolute atomic E-state index is 0.184. The highest BCUT2D eigenvalue weighted by Gasteiger charge is 2.32. The largest absolute Gasteiger partial charge is 0.493 e. The molecule has 0 saturated heterocycles. The molecule has 0 radical (unpaired) electrons. The van der Waals surface area contributed by atoms with Crippen LogP contribution in [0, 0.1) is 0 Å². The summed E-state index contributed by atoms with van der Waals surface area (Å²) in [5.41, 5.74) is 5.36. The van der Waals surface area contributed by atoms with E-state index in [0.717, 1.165) is 5.56 Å². The van der Waals surface area contributed by atoms with E-state index in [1.54, 1.807) is 57.4 Å². The lowest BCUT2D eigenvalue weighted by molar-refractivity contribution is -0.139. The van der Waals surface area contributed by atoms with Crippen molar-refractivity contribution in [2.75, 3.05) is 27.4 Å². The molecular formula is C32H34N4O8. The number of ether oxygens (including phenoxy) is 5. The Labute approximate surface area is 255 Å². The SMILES string of the molecule is CCOC(=O)C1=C(C)NC(=O)N[C@@H]1c1ccc(OCC(=O)N/N=C\c2ccc(OCc3ccccc3)c(OC)c2)c(OC)c1. The van der Waals surface area contributed by atoms with Gasteiger partial charge in [-0.25, -0.2) is 15.0 Å². The van der Waals surface area contributed by atoms with Gasteiger partial charge in [-0.3, -0.25) is 4.79 Å². The highest BCUT2D eigenvalue weighted by atomic mass is 16.5. The first-order chi connectivity index (χ1) is 21.3. The summed E-state index contributed by atoms with van der Waals surface area (Å²) >= 11 is 0. The van der Waals surface area contributed by atoms with Crippen LogP contribution in [0.3, 0.4) is 0 Å². The van der Waals surface area contributed by atoms with Crippen LogP contribution in [0.1, 0.15) is 36.6 Å². The van der Waals surface area contributed by atoms with Crippen LogP contribution in [-0.2, 0) is 20.9 Å². The Morgan fingerprint density at radius 2 is 1.64 bits per heavy atom. The van der Waals surface area contributed by atoms with Gasteiger partial charge in [0.15, 0.2) is 29.6 Å². The monoisotopic (exact) mass is 602 g/mol. The Kier molecular flexibility index (Phi) is 10.8. The zero-order valence-corrected chi connectivity index (χ0v) is 24.8. The van der Waals surface area contributed by atoms with Crippen LogP contribution < -0.4 is 35.0 Å². The van der Waals surface area contributed by atoms with Gasteiger partial charge in [-0.15, -0.1) is 0 Å². The minimum atomic E-state index is -0.772. The van der Waals surface area contributed by atoms with E-state index >= 15 is 0 Å². The maximum absolute atomic E-state index is 12.6. The Morgan fingerprint density at radius 3 is 2.36 bits per heavy atom. The zero-order valence-electron chi connectivity index (χ0n) is 24.8. The number of hydrazone groups is 1. The van der Waals surface area contributed by atoms with Gasteiger partial charge in [-0.2, -0.15) is 5.10 Å². The third-order valence-electron chi connectivity index (χ3n) is 6.47. The topological polar surface area (TPSA) is 146 Å². The van der Waals surface area contributed by atoms with Crippen LogP contribution in [0.25, 0.3) is 0 Å². The molecule has 12 nitrogen and oxygen atoms in total. The van der Waals surface area contributed by atoms with Gasteiger partial charge in [-0.05, 0) is 60.9 Å². The van der Waals surface area contributed by atoms with E-state index in [0.29, 0.717) is 40.7 Å². The van der Waals surface area contributed by atoms with Crippen LogP contribution in [0.15, 0.2) is 83.1 Å². The highest BCUT2D eigenvalue weighted by Crippen LogP contribution is 2.34. The molecule has 230 valence electrons. The molecule has 3 amide bonds. The van der Waals surface area contributed by atoms with Crippen molar-refractivity contribution in [3.05, 3.63) is 94.7 Å². The lowest BCUT2D eigenvalue weighted by Crippen LogP contribution is -2.45. The summed E-state index contributed by atoms with van der Waals surface area (Å²) < 4.78 is 27.6. The smallest absolute Gasteiger partial charge is 0.338 e. The molecule has 1 heterocycles. The van der Waals surface area contributed by atoms with Crippen molar-refractivity contribution < 1.29 is 38.1 Å². The number of nitrogens with one attached hydrogen (secondary N) is 3. The van der Waals surface area contributed by atoms with E-state index in [2.05, 4.69) is 21.2 Å². The molecule has 3 N–H and O–H groups in total. The number of benzene rings is 3. The molecule has 0 spiro atoms. The van der Waals surface area contributed by atoms with Gasteiger partial charge >= 0.3 is 12.0 Å². The van der Waals surface area contributed by atoms with E-state index < -0.39 is 23.9 Å². The second-order valence-electron chi connectivity index (χ2n) is 9.47. The van der Waals surface area contributed by atoms with E-state index in [9.17, 15) is 14.4 Å². The first kappa shape index (κ1) is 31.4. The van der Waals surface area contributed by atoms with Crippen molar-refractivity contribution in [1.29, 1.82) is 0 Å². The summed E-state index contributed by atoms with van der Waals surface area (Å²) in [6.07, 6.45) is 1.47. The van der Waals surface area contributed by atoms with Gasteiger partial charge < -0.3 is 34.3 Å². The average Bonchev–Trinajstić information content (AvgIpc) is 3.03. The molecule has 3 aromatic rings. The summed E-state index contributed by atoms with van der Waals surface area (Å²) in [6.45, 7) is 3.56. The molecule has 1 aliphatic rings. The quantitative estimate of drug-likeness (QED) is 0.151. The average molecular weight is 603 g/mol. The lowest BCUT2D eigenvalue weighted by atomic mass is 9.95. The molecule has 0 aliphatic carbocycles. The van der Waals surface area contributed by atoms with Gasteiger partial charge in [0.05, 0.1) is 38.7 Å². The lowest BCUT2D eigenvalue weighted by Gasteiger charge is -2.28. The fourth-order valence-electron chi connectivity index (χ4n) is 4.38. The Hall–Kier alpha value is -5.52. The summed E-state index contributed by atoms with van der Waals surface area (Å²) in [6, 6.07) is 18.7. The molecule has 0 saturated carbocycles. The van der Waals surface area contributed by atoms with E-state index in [1.807, 2.05) is 30.3 Å². The molecule has 3 aromatic carbocycles. The predicted octanol–water partition coefficient (Wildman–Crippen LogP) is 4.00. The summed E-state index contributed by atoms with van der Waals surface area (Å²) in [7, 11) is 2.99. The molecule has 0 unspecified atom stereocenters. The molecular weight excluding hydrogens is 568 g/mol. The number of hydrogen-bond acceptors (Lipinski definition) is 9. The minimum Gasteiger partial charge on any atom is -0.493 e. The summed E-state index contributed by atoms with van der Waals surface area (Å²) in [4.78, 5) is 37.2. The molecule has 12 heteroatoms. The van der Waals surface area contributed by atoms with Crippen molar-refractivity contribution in [3.8, 4) is 23.0 Å². The van der Waals surface area contributed by atoms with E-state index in [-0.39, 0.29) is 24.5 Å². The van der Waals surface area contributed by atoms with Crippen molar-refractivity contribution >= 4 is 24.1 Å². The number of nitrogens with zero attached hydrogens (tertiary/aromatic N) is 1. The second-order valence-corrected chi connectivity index (χ2v) is 9.47. The van der Waals surface area contributed by atoms with Crippen LogP contribution in [0.4, 0.5) is 4.79 Å². The van der Waals surface area contributed by atoms with Gasteiger partial charge in [-0.1, -0.05) is 36.4 Å². The number of urea groups is 1. The first-order valence-electron chi connectivity index (χ1n) is 13.8. The Bertz CT molecular complexity index is 1560. The molecule has 44 heavy (non-hydrogen) atoms. The van der Waals surface area contributed by atoms with Crippen LogP contribution in [0.2, 0.25) is 0 Å². The van der Waals surface area contributed by atoms with Gasteiger partial charge in [0, 0.05) is 5.70 Å². The van der Waals surface area contributed by atoms with Crippen LogP contribution in [-0.4, -0.2) is 51.6 Å². The molecule has 0 fully saturated rings. The third-order valence-corrected chi connectivity index (χ3v) is 6.47. The number of carbonyl (C=O) groups is 3. The number of amides is 3. The summed E-state index contributed by atoms with van der Waals surface area (Å²) in [5.74, 6) is 0.635. The molecule has 1 aliphatic heterocycles. The standard InChI is InChI=1S/C32H34N4O8/c1-5-42-31(38)29-20(2)34-32(39)35-30(29)23-12-14-25(27(16-23)41-4)44-19-28(37)36-33-17-22-11-13-24(26(15-22)40-3)43-18-21-9-7-6-8-10-21/h6-17,30H,5,18-19H2,1-4H3,(H,36,37)(H2,34,35,39)/b33-17-/t30-/m1/s1. The third kappa shape index (κ3) is 8.06. The van der Waals surface area contributed by atoms with Crippen LogP contribution in [0.5, 0.6) is 23.0 Å². The van der Waals surface area contributed by atoms with E-state index in [1.165, 1.54) is 13.3 Å². The van der Waals surface area contributed by atoms with E-state index in [4.69, 9.17) is 23.7 Å². The fraction of sp³-hybridized carbons (Fsp3) is 0.250. The molecule has 1 atom stereocenters. The molecule has 0 aromatic heterocycles. The van der Waals surface area contributed by atoms with Crippen molar-refractivity contribution in [1.82, 2.24) is 16.1 Å². The number of methoxy groups -OCH3 is 2. The van der Waals surface area contributed by atoms with Gasteiger partial charge in [0.2, 0.25) is 0 Å². The van der Waals surface area contributed by atoms with Crippen LogP contribution >= 0.6 is 0 Å². The number of hydrogen-bond donors (Lipinski definition) is 3. The van der Waals surface area contributed by atoms with Gasteiger partial charge in [0.1, 0.15) is 6.61 Å². The number of rotatable bonds is 13. The Balaban J connectivity index is 1.35. The van der Waals surface area contributed by atoms with Crippen molar-refractivity contribution in [3.63, 3.8) is 0 Å². The number of carbonyl (C=O) groups excluding carboxylic acids is 3. The zero-order chi connectivity index (χ0) is 31.5. The number of esters is 1. The highest BCUT2D eigenvalue weighted by molar-refractivity contribution is 5.95.